The van der Waals surface area contributed by atoms with Gasteiger partial charge in [-0.15, -0.1) is 0 Å². The minimum Gasteiger partial charge on any atom is -0.298 e. The first-order valence-electron chi connectivity index (χ1n) is 6.33. The summed E-state index contributed by atoms with van der Waals surface area (Å²) < 4.78 is 0. The van der Waals surface area contributed by atoms with Crippen LogP contribution in [0.2, 0.25) is 0 Å². The molecule has 0 unspecified atom stereocenters. The third kappa shape index (κ3) is 1.20. The van der Waals surface area contributed by atoms with Crippen molar-refractivity contribution in [2.75, 3.05) is 0 Å². The van der Waals surface area contributed by atoms with Crippen LogP contribution >= 0.6 is 0 Å². The number of fused-ring (bicyclic) bond motifs is 1. The first-order valence-corrected chi connectivity index (χ1v) is 6.33. The molecule has 0 aliphatic heterocycles. The molecule has 0 aromatic carbocycles. The smallest absolute Gasteiger partial charge is 0.150 e. The van der Waals surface area contributed by atoms with Crippen molar-refractivity contribution in [2.24, 2.45) is 23.2 Å². The maximum absolute atomic E-state index is 12.7. The van der Waals surface area contributed by atoms with E-state index in [0.29, 0.717) is 17.6 Å². The molecular formula is C15H18O. The highest BCUT2D eigenvalue weighted by Crippen LogP contribution is 2.51. The molecular weight excluding hydrogens is 196 g/mol. The van der Waals surface area contributed by atoms with Crippen LogP contribution in [0.4, 0.5) is 0 Å². The number of Topliss-reactive ketones (excluding diaryl/α,β-unsaturated/α-hetero) is 1. The molecule has 0 radical (unpaired) electrons. The quantitative estimate of drug-likeness (QED) is 0.565. The van der Waals surface area contributed by atoms with E-state index in [-0.39, 0.29) is 11.3 Å². The maximum atomic E-state index is 12.7. The molecule has 2 bridgehead atoms. The standard InChI is InChI=1S/C15H18O/c1-11-7-8-12-5-4-10-15(12)9-3-2-6-13(11)14(15)16/h2-3,6-9,11-13H,4-5,10H2,1H3/t11-,12+,13-,15-/m1/s1. The van der Waals surface area contributed by atoms with Crippen LogP contribution in [-0.4, -0.2) is 5.78 Å². The van der Waals surface area contributed by atoms with Crippen molar-refractivity contribution >= 4 is 5.78 Å². The van der Waals surface area contributed by atoms with Crippen molar-refractivity contribution in [2.45, 2.75) is 26.2 Å². The van der Waals surface area contributed by atoms with Crippen molar-refractivity contribution < 1.29 is 4.79 Å². The summed E-state index contributed by atoms with van der Waals surface area (Å²) in [5.74, 6) is 1.35. The van der Waals surface area contributed by atoms with Gasteiger partial charge in [0.1, 0.15) is 0 Å². The summed E-state index contributed by atoms with van der Waals surface area (Å²) in [6.45, 7) is 2.16. The van der Waals surface area contributed by atoms with E-state index in [1.54, 1.807) is 0 Å². The number of hydrogen-bond acceptors (Lipinski definition) is 1. The van der Waals surface area contributed by atoms with Crippen LogP contribution in [0.1, 0.15) is 26.2 Å². The molecule has 0 N–H and O–H groups in total. The Morgan fingerprint density at radius 1 is 1.25 bits per heavy atom. The normalized spacial score (nSPS) is 45.3. The Bertz CT molecular complexity index is 402. The van der Waals surface area contributed by atoms with Crippen LogP contribution in [0.15, 0.2) is 36.5 Å². The van der Waals surface area contributed by atoms with E-state index in [9.17, 15) is 4.79 Å². The lowest BCUT2D eigenvalue weighted by molar-refractivity contribution is -0.130. The SMILES string of the molecule is C[C@@H]1C=C[C@@H]2CCC[C@]23C=CC=C[C@H]1C3=O. The molecule has 0 aromatic rings. The largest absolute Gasteiger partial charge is 0.298 e. The van der Waals surface area contributed by atoms with E-state index in [2.05, 4.69) is 43.4 Å². The van der Waals surface area contributed by atoms with Crippen LogP contribution in [0.25, 0.3) is 0 Å². The Morgan fingerprint density at radius 3 is 3.00 bits per heavy atom. The zero-order valence-electron chi connectivity index (χ0n) is 9.73. The molecule has 16 heavy (non-hydrogen) atoms. The Morgan fingerprint density at radius 2 is 2.12 bits per heavy atom. The van der Waals surface area contributed by atoms with Gasteiger partial charge < -0.3 is 0 Å². The second kappa shape index (κ2) is 3.44. The molecule has 84 valence electrons. The predicted octanol–water partition coefficient (Wildman–Crippen LogP) is 3.29. The maximum Gasteiger partial charge on any atom is 0.150 e. The Labute approximate surface area is 96.9 Å². The summed E-state index contributed by atoms with van der Waals surface area (Å²) in [5.41, 5.74) is -0.171. The number of allylic oxidation sites excluding steroid dienone is 6. The fraction of sp³-hybridized carbons (Fsp3) is 0.533. The second-order valence-corrected chi connectivity index (χ2v) is 5.42. The molecule has 4 atom stereocenters. The lowest BCUT2D eigenvalue weighted by Crippen LogP contribution is -2.36. The summed E-state index contributed by atoms with van der Waals surface area (Å²) in [4.78, 5) is 12.7. The molecule has 1 saturated carbocycles. The third-order valence-corrected chi connectivity index (χ3v) is 4.57. The number of hydrogen-bond donors (Lipinski definition) is 0. The highest BCUT2D eigenvalue weighted by molar-refractivity contribution is 5.92. The first kappa shape index (κ1) is 10.1. The van der Waals surface area contributed by atoms with Crippen molar-refractivity contribution in [1.82, 2.24) is 0 Å². The second-order valence-electron chi connectivity index (χ2n) is 5.42. The van der Waals surface area contributed by atoms with Gasteiger partial charge in [-0.3, -0.25) is 4.79 Å². The highest BCUT2D eigenvalue weighted by Gasteiger charge is 2.49. The molecule has 1 heteroatoms. The minimum atomic E-state index is -0.171. The van der Waals surface area contributed by atoms with Gasteiger partial charge in [0, 0.05) is 5.92 Å². The van der Waals surface area contributed by atoms with E-state index in [0.717, 1.165) is 6.42 Å². The van der Waals surface area contributed by atoms with Crippen LogP contribution in [0.3, 0.4) is 0 Å². The molecule has 3 aliphatic rings. The average Bonchev–Trinajstić information content (AvgIpc) is 2.58. The van der Waals surface area contributed by atoms with Crippen LogP contribution in [0.5, 0.6) is 0 Å². The third-order valence-electron chi connectivity index (χ3n) is 4.57. The van der Waals surface area contributed by atoms with Gasteiger partial charge in [0.25, 0.3) is 0 Å². The number of ketones is 1. The van der Waals surface area contributed by atoms with Gasteiger partial charge in [-0.25, -0.2) is 0 Å². The number of rotatable bonds is 0. The van der Waals surface area contributed by atoms with Gasteiger partial charge in [0.15, 0.2) is 5.78 Å². The van der Waals surface area contributed by atoms with Gasteiger partial charge in [-0.05, 0) is 24.7 Å². The van der Waals surface area contributed by atoms with Crippen molar-refractivity contribution in [3.8, 4) is 0 Å². The lowest BCUT2D eigenvalue weighted by Gasteiger charge is -2.30. The molecule has 3 rings (SSSR count). The van der Waals surface area contributed by atoms with E-state index in [4.69, 9.17) is 0 Å². The van der Waals surface area contributed by atoms with Crippen LogP contribution in [-0.2, 0) is 4.79 Å². The van der Waals surface area contributed by atoms with Gasteiger partial charge in [0.05, 0.1) is 5.41 Å². The fourth-order valence-corrected chi connectivity index (χ4v) is 3.57. The van der Waals surface area contributed by atoms with Crippen molar-refractivity contribution in [3.05, 3.63) is 36.5 Å². The topological polar surface area (TPSA) is 17.1 Å². The molecule has 3 aliphatic carbocycles. The number of carbonyl (C=O) groups excluding carboxylic acids is 1. The zero-order valence-corrected chi connectivity index (χ0v) is 9.73. The van der Waals surface area contributed by atoms with E-state index in [1.165, 1.54) is 12.8 Å². The molecule has 0 heterocycles. The Hall–Kier alpha value is -1.11. The summed E-state index contributed by atoms with van der Waals surface area (Å²) in [7, 11) is 0. The molecule has 0 amide bonds. The van der Waals surface area contributed by atoms with Crippen LogP contribution in [0, 0.1) is 23.2 Å². The van der Waals surface area contributed by atoms with Gasteiger partial charge in [-0.2, -0.15) is 0 Å². The fourth-order valence-electron chi connectivity index (χ4n) is 3.57. The minimum absolute atomic E-state index is 0.0920. The van der Waals surface area contributed by atoms with Crippen molar-refractivity contribution in [3.63, 3.8) is 0 Å². The predicted molar refractivity (Wildman–Crippen MR) is 64.9 cm³/mol. The Balaban J connectivity index is 2.15. The summed E-state index contributed by atoms with van der Waals surface area (Å²) in [5, 5.41) is 0. The van der Waals surface area contributed by atoms with Crippen molar-refractivity contribution in [1.29, 1.82) is 0 Å². The first-order chi connectivity index (χ1) is 7.74. The van der Waals surface area contributed by atoms with E-state index >= 15 is 0 Å². The summed E-state index contributed by atoms with van der Waals surface area (Å²) >= 11 is 0. The number of carbonyl (C=O) groups is 1. The van der Waals surface area contributed by atoms with Gasteiger partial charge >= 0.3 is 0 Å². The van der Waals surface area contributed by atoms with E-state index < -0.39 is 0 Å². The summed E-state index contributed by atoms with van der Waals surface area (Å²) in [6.07, 6.45) is 16.4. The van der Waals surface area contributed by atoms with Gasteiger partial charge in [-0.1, -0.05) is 49.8 Å². The monoisotopic (exact) mass is 214 g/mol. The molecule has 0 aromatic heterocycles. The zero-order chi connectivity index (χ0) is 11.2. The Kier molecular flexibility index (Phi) is 2.17. The molecule has 1 nitrogen and oxygen atoms in total. The van der Waals surface area contributed by atoms with Crippen LogP contribution < -0.4 is 0 Å². The molecule has 1 fully saturated rings. The van der Waals surface area contributed by atoms with Gasteiger partial charge in [0.2, 0.25) is 0 Å². The summed E-state index contributed by atoms with van der Waals surface area (Å²) in [6, 6.07) is 0. The van der Waals surface area contributed by atoms with E-state index in [1.807, 2.05) is 0 Å². The lowest BCUT2D eigenvalue weighted by atomic mass is 9.71. The molecule has 0 saturated heterocycles. The highest BCUT2D eigenvalue weighted by atomic mass is 16.1. The average molecular weight is 214 g/mol. The molecule has 1 spiro atoms.